The molecule has 0 N–H and O–H groups in total. The first-order chi connectivity index (χ1) is 17.8. The molecule has 4 rings (SSSR count). The monoisotopic (exact) mass is 676 g/mol. The predicted molar refractivity (Wildman–Crippen MR) is 150 cm³/mol. The van der Waals surface area contributed by atoms with Crippen LogP contribution in [0.2, 0.25) is 4.44 Å². The number of aromatic carboxylic acids is 3. The molecule has 38 heavy (non-hydrogen) atoms. The van der Waals surface area contributed by atoms with Crippen molar-refractivity contribution in [3.05, 3.63) is 102 Å². The minimum atomic E-state index is -1.08. The molecule has 10 heteroatoms. The van der Waals surface area contributed by atoms with Crippen molar-refractivity contribution in [3.8, 4) is 0 Å². The average molecular weight is 675 g/mol. The fourth-order valence-electron chi connectivity index (χ4n) is 2.74. The van der Waals surface area contributed by atoms with Crippen molar-refractivity contribution in [3.63, 3.8) is 0 Å². The van der Waals surface area contributed by atoms with Crippen LogP contribution in [0.4, 0.5) is 0 Å². The molecule has 0 atom stereocenters. The van der Waals surface area contributed by atoms with E-state index in [-0.39, 0.29) is 0 Å². The van der Waals surface area contributed by atoms with Crippen LogP contribution in [0.15, 0.2) is 64.7 Å². The van der Waals surface area contributed by atoms with Crippen molar-refractivity contribution in [2.45, 2.75) is 44.5 Å². The summed E-state index contributed by atoms with van der Waals surface area (Å²) < 4.78 is 1.28. The zero-order chi connectivity index (χ0) is 28.9. The molecule has 0 unspecified atom stereocenters. The van der Waals surface area contributed by atoms with E-state index in [1.165, 1.54) is 44.0 Å². The maximum Gasteiger partial charge on any atom is 0.0817 e. The molecule has 0 aliphatic carbocycles. The normalized spacial score (nSPS) is 10.1. The fourth-order valence-corrected chi connectivity index (χ4v) is 5.59. The zero-order valence-electron chi connectivity index (χ0n) is 21.7. The van der Waals surface area contributed by atoms with E-state index in [0.29, 0.717) is 20.0 Å². The maximum atomic E-state index is 10.2. The number of carbonyl (C=O) groups excluding carboxylic acids is 3. The predicted octanol–water partition coefficient (Wildman–Crippen LogP) is 3.81. The molecular formula is C28H28O6S3Sn. The Hall–Kier alpha value is -2.47. The molecular weight excluding hydrogens is 647 g/mol. The van der Waals surface area contributed by atoms with Gasteiger partial charge in [-0.3, -0.25) is 0 Å². The van der Waals surface area contributed by atoms with E-state index in [4.69, 9.17) is 0 Å². The smallest absolute Gasteiger partial charge is 0.0817 e. The molecule has 0 saturated carbocycles. The summed E-state index contributed by atoms with van der Waals surface area (Å²) in [5.74, 6) is -3.24. The summed E-state index contributed by atoms with van der Waals surface area (Å²) in [6.45, 7) is 9.86. The molecule has 0 aliphatic heterocycles. The summed E-state index contributed by atoms with van der Waals surface area (Å²) in [6, 6.07) is 16.0. The molecule has 3 aromatic heterocycles. The molecule has 0 radical (unpaired) electrons. The molecule has 0 saturated heterocycles. The van der Waals surface area contributed by atoms with E-state index in [9.17, 15) is 29.7 Å². The third-order valence-corrected chi connectivity index (χ3v) is 10.7. The Bertz CT molecular complexity index is 1190. The average Bonchev–Trinajstić information content (AvgIpc) is 3.62. The molecule has 0 aliphatic rings. The third-order valence-electron chi connectivity index (χ3n) is 5.14. The summed E-state index contributed by atoms with van der Waals surface area (Å²) in [6.07, 6.45) is 0. The van der Waals surface area contributed by atoms with Crippen LogP contribution in [0.5, 0.6) is 0 Å². The number of benzene rings is 1. The fraction of sp³-hybridized carbons (Fsp3) is 0.250. The van der Waals surface area contributed by atoms with Crippen LogP contribution in [0.3, 0.4) is 0 Å². The molecule has 0 amide bonds. The van der Waals surface area contributed by atoms with Gasteiger partial charge in [-0.05, 0) is 71.8 Å². The summed E-state index contributed by atoms with van der Waals surface area (Å²) in [5.41, 5.74) is 4.16. The second-order valence-corrected chi connectivity index (χ2v) is 12.3. The van der Waals surface area contributed by atoms with Gasteiger partial charge in [-0.25, -0.2) is 0 Å². The number of aryl methyl sites for hydroxylation is 3. The van der Waals surface area contributed by atoms with Gasteiger partial charge in [-0.1, -0.05) is 0 Å². The number of thiophene rings is 3. The second-order valence-electron chi connectivity index (χ2n) is 8.59. The van der Waals surface area contributed by atoms with E-state index in [0.717, 1.165) is 16.7 Å². The van der Waals surface area contributed by atoms with E-state index < -0.39 is 17.9 Å². The Labute approximate surface area is 248 Å². The largest absolute Gasteiger partial charge is 0.544 e. The first-order valence-electron chi connectivity index (χ1n) is 11.3. The van der Waals surface area contributed by atoms with Crippen molar-refractivity contribution in [1.29, 1.82) is 0 Å². The summed E-state index contributed by atoms with van der Waals surface area (Å²) in [4.78, 5) is 31.5. The Kier molecular flexibility index (Phi) is 14.6. The molecule has 0 bridgehead atoms. The maximum absolute atomic E-state index is 10.2. The third kappa shape index (κ3) is 11.1. The number of hydrogen-bond acceptors (Lipinski definition) is 9. The van der Waals surface area contributed by atoms with Gasteiger partial charge in [0.05, 0.1) is 32.5 Å². The van der Waals surface area contributed by atoms with Crippen LogP contribution < -0.4 is 15.3 Å². The van der Waals surface area contributed by atoms with Crippen LogP contribution >= 0.6 is 34.0 Å². The van der Waals surface area contributed by atoms with Gasteiger partial charge < -0.3 is 29.7 Å². The molecule has 0 spiro atoms. The number of carboxylic acid groups (broad SMARTS) is 3. The Balaban J connectivity index is 0.000000254. The molecule has 4 aromatic rings. The van der Waals surface area contributed by atoms with Gasteiger partial charge >= 0.3 is 82.1 Å². The van der Waals surface area contributed by atoms with Crippen molar-refractivity contribution in [2.75, 3.05) is 0 Å². The first-order valence-corrected chi connectivity index (χ1v) is 15.9. The SMILES string of the molecule is CC(C)([CH2][Sn+3])c1ccccc1.Cc1ccsc1C(=O)[O-].Cc1ccsc1C(=O)[O-].Cc1ccsc1C(=O)[O-]. The van der Waals surface area contributed by atoms with Crippen molar-refractivity contribution >= 4 is 74.4 Å². The van der Waals surface area contributed by atoms with Gasteiger partial charge in [-0.15, -0.1) is 34.0 Å². The Morgan fingerprint density at radius 2 is 0.974 bits per heavy atom. The number of carboxylic acids is 3. The number of hydrogen-bond donors (Lipinski definition) is 0. The Morgan fingerprint density at radius 3 is 1.16 bits per heavy atom. The molecule has 0 fully saturated rings. The van der Waals surface area contributed by atoms with Crippen molar-refractivity contribution < 1.29 is 29.7 Å². The van der Waals surface area contributed by atoms with Crippen molar-refractivity contribution in [2.24, 2.45) is 0 Å². The molecule has 1 aromatic carbocycles. The van der Waals surface area contributed by atoms with Gasteiger partial charge in [0, 0.05) is 0 Å². The molecule has 198 valence electrons. The van der Waals surface area contributed by atoms with E-state index >= 15 is 0 Å². The topological polar surface area (TPSA) is 120 Å². The number of carbonyl (C=O) groups is 3. The first kappa shape index (κ1) is 33.6. The summed E-state index contributed by atoms with van der Waals surface area (Å²) in [5, 5.41) is 35.8. The van der Waals surface area contributed by atoms with Crippen LogP contribution in [0.25, 0.3) is 0 Å². The summed E-state index contributed by atoms with van der Waals surface area (Å²) in [7, 11) is 0. The molecule has 3 heterocycles. The van der Waals surface area contributed by atoms with Gasteiger partial charge in [-0.2, -0.15) is 0 Å². The molecule has 6 nitrogen and oxygen atoms in total. The van der Waals surface area contributed by atoms with E-state index in [1.54, 1.807) is 77.6 Å². The van der Waals surface area contributed by atoms with Gasteiger partial charge in [0.2, 0.25) is 0 Å². The Morgan fingerprint density at radius 1 is 0.658 bits per heavy atom. The van der Waals surface area contributed by atoms with Gasteiger partial charge in [0.15, 0.2) is 0 Å². The minimum absolute atomic E-state index is 0.329. The van der Waals surface area contributed by atoms with E-state index in [2.05, 4.69) is 44.2 Å². The number of rotatable bonds is 5. The van der Waals surface area contributed by atoms with Crippen molar-refractivity contribution in [1.82, 2.24) is 0 Å². The van der Waals surface area contributed by atoms with Crippen LogP contribution in [0, 0.1) is 20.8 Å². The van der Waals surface area contributed by atoms with Crippen LogP contribution in [0.1, 0.15) is 65.1 Å². The minimum Gasteiger partial charge on any atom is -0.544 e. The zero-order valence-corrected chi connectivity index (χ0v) is 27.0. The van der Waals surface area contributed by atoms with Gasteiger partial charge in [0.25, 0.3) is 0 Å². The summed E-state index contributed by atoms with van der Waals surface area (Å²) >= 11 is 5.20. The second kappa shape index (κ2) is 16.5. The van der Waals surface area contributed by atoms with Crippen LogP contribution in [-0.2, 0) is 5.41 Å². The van der Waals surface area contributed by atoms with Gasteiger partial charge in [0.1, 0.15) is 0 Å². The van der Waals surface area contributed by atoms with E-state index in [1.807, 2.05) is 0 Å². The standard InChI is InChI=1S/C10H13.3C6H6O2S.Sn/c1-10(2,3)9-7-5-4-6-8-9;3*1-4-2-3-9-5(4)6(7)8;/h4-8H,1H2,2-3H3;3*2-3H,1H3,(H,7,8);/q;;;;+3/p-3. The van der Waals surface area contributed by atoms with Crippen LogP contribution in [-0.4, -0.2) is 40.4 Å². The quantitative estimate of drug-likeness (QED) is 0.297.